The lowest BCUT2D eigenvalue weighted by Crippen LogP contribution is -2.36. The number of likely N-dealkylation sites (N-methyl/N-ethyl adjacent to an activating group) is 1. The molecule has 17 heavy (non-hydrogen) atoms. The van der Waals surface area contributed by atoms with Crippen molar-refractivity contribution in [3.05, 3.63) is 30.3 Å². The van der Waals surface area contributed by atoms with Crippen molar-refractivity contribution in [3.63, 3.8) is 0 Å². The first-order chi connectivity index (χ1) is 8.20. The molecule has 1 atom stereocenters. The van der Waals surface area contributed by atoms with E-state index >= 15 is 0 Å². The summed E-state index contributed by atoms with van der Waals surface area (Å²) in [5.41, 5.74) is 0. The lowest BCUT2D eigenvalue weighted by molar-refractivity contribution is 0.287. The van der Waals surface area contributed by atoms with Crippen molar-refractivity contribution >= 4 is 0 Å². The summed E-state index contributed by atoms with van der Waals surface area (Å²) in [7, 11) is 4.20. The summed E-state index contributed by atoms with van der Waals surface area (Å²) < 4.78 is 5.61. The van der Waals surface area contributed by atoms with Crippen LogP contribution in [-0.4, -0.2) is 44.7 Å². The molecule has 0 saturated carbocycles. The largest absolute Gasteiger partial charge is 0.494 e. The van der Waals surface area contributed by atoms with Crippen LogP contribution in [0.15, 0.2) is 30.3 Å². The van der Waals surface area contributed by atoms with Crippen LogP contribution in [0.4, 0.5) is 0 Å². The minimum absolute atomic E-state index is 0.574. The van der Waals surface area contributed by atoms with Gasteiger partial charge in [-0.2, -0.15) is 0 Å². The van der Waals surface area contributed by atoms with Crippen LogP contribution in [0, 0.1) is 0 Å². The Labute approximate surface area is 105 Å². The summed E-state index contributed by atoms with van der Waals surface area (Å²) in [6.45, 7) is 5.02. The van der Waals surface area contributed by atoms with Gasteiger partial charge in [-0.1, -0.05) is 18.2 Å². The van der Waals surface area contributed by atoms with Crippen LogP contribution >= 0.6 is 0 Å². The highest BCUT2D eigenvalue weighted by atomic mass is 16.5. The topological polar surface area (TPSA) is 24.5 Å². The molecular formula is C14H24N2O. The molecule has 0 aliphatic carbocycles. The third-order valence-electron chi connectivity index (χ3n) is 2.83. The van der Waals surface area contributed by atoms with E-state index in [2.05, 4.69) is 31.2 Å². The summed E-state index contributed by atoms with van der Waals surface area (Å²) in [5, 5.41) is 3.43. The highest BCUT2D eigenvalue weighted by Gasteiger charge is 2.02. The molecule has 3 heteroatoms. The molecule has 0 bridgehead atoms. The number of ether oxygens (including phenoxy) is 1. The van der Waals surface area contributed by atoms with Crippen molar-refractivity contribution in [2.45, 2.75) is 19.4 Å². The molecule has 0 saturated heterocycles. The van der Waals surface area contributed by atoms with E-state index in [1.54, 1.807) is 0 Å². The summed E-state index contributed by atoms with van der Waals surface area (Å²) >= 11 is 0. The van der Waals surface area contributed by atoms with Crippen molar-refractivity contribution < 1.29 is 4.74 Å². The normalized spacial score (nSPS) is 12.7. The predicted octanol–water partition coefficient (Wildman–Crippen LogP) is 2.00. The molecule has 1 rings (SSSR count). The lowest BCUT2D eigenvalue weighted by atomic mass is 10.3. The Morgan fingerprint density at radius 2 is 1.94 bits per heavy atom. The van der Waals surface area contributed by atoms with Crippen LogP contribution in [0.1, 0.15) is 13.3 Å². The van der Waals surface area contributed by atoms with E-state index in [-0.39, 0.29) is 0 Å². The van der Waals surface area contributed by atoms with E-state index in [0.717, 1.165) is 31.9 Å². The van der Waals surface area contributed by atoms with Crippen molar-refractivity contribution in [2.75, 3.05) is 33.8 Å². The van der Waals surface area contributed by atoms with Crippen molar-refractivity contribution in [1.82, 2.24) is 10.2 Å². The molecule has 0 aliphatic rings. The molecule has 0 heterocycles. The zero-order valence-corrected chi connectivity index (χ0v) is 11.1. The third kappa shape index (κ3) is 6.29. The Balaban J connectivity index is 1.98. The fourth-order valence-electron chi connectivity index (χ4n) is 1.40. The van der Waals surface area contributed by atoms with Crippen LogP contribution in [-0.2, 0) is 0 Å². The monoisotopic (exact) mass is 236 g/mol. The van der Waals surface area contributed by atoms with Gasteiger partial charge in [0.15, 0.2) is 0 Å². The van der Waals surface area contributed by atoms with Gasteiger partial charge in [-0.15, -0.1) is 0 Å². The van der Waals surface area contributed by atoms with Gasteiger partial charge in [0.25, 0.3) is 0 Å². The molecule has 0 spiro atoms. The number of nitrogens with zero attached hydrogens (tertiary/aromatic N) is 1. The fraction of sp³-hybridized carbons (Fsp3) is 0.571. The Morgan fingerprint density at radius 3 is 2.59 bits per heavy atom. The second-order valence-electron chi connectivity index (χ2n) is 4.53. The molecular weight excluding hydrogens is 212 g/mol. The minimum Gasteiger partial charge on any atom is -0.494 e. The van der Waals surface area contributed by atoms with Crippen molar-refractivity contribution in [1.29, 1.82) is 0 Å². The molecule has 0 aromatic heterocycles. The van der Waals surface area contributed by atoms with Gasteiger partial charge in [0.05, 0.1) is 6.61 Å². The minimum atomic E-state index is 0.574. The first kappa shape index (κ1) is 14.0. The van der Waals surface area contributed by atoms with E-state index in [0.29, 0.717) is 6.04 Å². The van der Waals surface area contributed by atoms with E-state index < -0.39 is 0 Å². The van der Waals surface area contributed by atoms with Crippen LogP contribution in [0.25, 0.3) is 0 Å². The van der Waals surface area contributed by atoms with Crippen LogP contribution in [0.5, 0.6) is 5.75 Å². The van der Waals surface area contributed by atoms with Gasteiger partial charge >= 0.3 is 0 Å². The number of para-hydroxylation sites is 1. The second-order valence-corrected chi connectivity index (χ2v) is 4.53. The molecule has 1 N–H and O–H groups in total. The maximum Gasteiger partial charge on any atom is 0.119 e. The zero-order valence-electron chi connectivity index (χ0n) is 11.1. The van der Waals surface area contributed by atoms with Gasteiger partial charge < -0.3 is 15.0 Å². The van der Waals surface area contributed by atoms with Gasteiger partial charge in [0, 0.05) is 12.6 Å². The van der Waals surface area contributed by atoms with Crippen LogP contribution < -0.4 is 10.1 Å². The predicted molar refractivity (Wildman–Crippen MR) is 72.6 cm³/mol. The number of rotatable bonds is 8. The summed E-state index contributed by atoms with van der Waals surface area (Å²) in [5.74, 6) is 0.953. The number of benzene rings is 1. The van der Waals surface area contributed by atoms with Gasteiger partial charge in [0.2, 0.25) is 0 Å². The van der Waals surface area contributed by atoms with Gasteiger partial charge in [0.1, 0.15) is 5.75 Å². The Morgan fingerprint density at radius 1 is 1.24 bits per heavy atom. The zero-order chi connectivity index (χ0) is 12.5. The van der Waals surface area contributed by atoms with E-state index in [1.165, 1.54) is 0 Å². The first-order valence-electron chi connectivity index (χ1n) is 6.25. The lowest BCUT2D eigenvalue weighted by Gasteiger charge is -2.20. The average molecular weight is 236 g/mol. The Bertz CT molecular complexity index is 288. The van der Waals surface area contributed by atoms with Crippen LogP contribution in [0.3, 0.4) is 0 Å². The highest BCUT2D eigenvalue weighted by Crippen LogP contribution is 2.07. The van der Waals surface area contributed by atoms with Gasteiger partial charge in [-0.05, 0) is 46.1 Å². The number of hydrogen-bond donors (Lipinski definition) is 1. The Hall–Kier alpha value is -1.06. The number of nitrogens with one attached hydrogen (secondary N) is 1. The number of hydrogen-bond acceptors (Lipinski definition) is 3. The summed E-state index contributed by atoms with van der Waals surface area (Å²) in [6, 6.07) is 10.5. The maximum atomic E-state index is 5.61. The molecule has 1 aromatic carbocycles. The molecule has 1 aromatic rings. The molecule has 0 aliphatic heterocycles. The third-order valence-corrected chi connectivity index (χ3v) is 2.83. The second kappa shape index (κ2) is 8.09. The molecule has 0 amide bonds. The summed E-state index contributed by atoms with van der Waals surface area (Å²) in [4.78, 5) is 2.22. The molecule has 0 fully saturated rings. The Kier molecular flexibility index (Phi) is 6.67. The first-order valence-corrected chi connectivity index (χ1v) is 6.25. The molecule has 3 nitrogen and oxygen atoms in total. The molecule has 96 valence electrons. The van der Waals surface area contributed by atoms with E-state index in [4.69, 9.17) is 4.74 Å². The summed E-state index contributed by atoms with van der Waals surface area (Å²) in [6.07, 6.45) is 1.04. The SMILES string of the molecule is CC(CNCCCOc1ccccc1)N(C)C. The van der Waals surface area contributed by atoms with E-state index in [1.807, 2.05) is 30.3 Å². The van der Waals surface area contributed by atoms with E-state index in [9.17, 15) is 0 Å². The fourth-order valence-corrected chi connectivity index (χ4v) is 1.40. The molecule has 0 radical (unpaired) electrons. The van der Waals surface area contributed by atoms with Crippen molar-refractivity contribution in [2.24, 2.45) is 0 Å². The van der Waals surface area contributed by atoms with Gasteiger partial charge in [-0.3, -0.25) is 0 Å². The standard InChI is InChI=1S/C14H24N2O/c1-13(16(2)3)12-15-10-7-11-17-14-8-5-4-6-9-14/h4-6,8-9,13,15H,7,10-12H2,1-3H3. The van der Waals surface area contributed by atoms with Crippen molar-refractivity contribution in [3.8, 4) is 5.75 Å². The average Bonchev–Trinajstić information content (AvgIpc) is 2.34. The quantitative estimate of drug-likeness (QED) is 0.699. The van der Waals surface area contributed by atoms with Gasteiger partial charge in [-0.25, -0.2) is 0 Å². The maximum absolute atomic E-state index is 5.61. The molecule has 1 unspecified atom stereocenters. The highest BCUT2D eigenvalue weighted by molar-refractivity contribution is 5.20. The smallest absolute Gasteiger partial charge is 0.119 e. The van der Waals surface area contributed by atoms with Crippen LogP contribution in [0.2, 0.25) is 0 Å².